The Hall–Kier alpha value is -2.63. The lowest BCUT2D eigenvalue weighted by molar-refractivity contribution is 0.0720. The summed E-state index contributed by atoms with van der Waals surface area (Å²) in [5.74, 6) is 1.06. The normalized spacial score (nSPS) is 11.2. The van der Waals surface area contributed by atoms with E-state index in [1.54, 1.807) is 4.90 Å². The molecule has 0 radical (unpaired) electrons. The van der Waals surface area contributed by atoms with Crippen molar-refractivity contribution in [3.05, 3.63) is 53.2 Å². The molecule has 0 bridgehead atoms. The third kappa shape index (κ3) is 8.48. The molecule has 2 rings (SSSR count). The van der Waals surface area contributed by atoms with Crippen molar-refractivity contribution >= 4 is 11.8 Å². The molecular formula is C26H39N3O3. The quantitative estimate of drug-likeness (QED) is 0.446. The predicted molar refractivity (Wildman–Crippen MR) is 128 cm³/mol. The number of nitrogens with zero attached hydrogens (tertiary/aromatic N) is 2. The summed E-state index contributed by atoms with van der Waals surface area (Å²) in [7, 11) is 0. The van der Waals surface area contributed by atoms with Gasteiger partial charge in [-0.25, -0.2) is 4.98 Å². The van der Waals surface area contributed by atoms with Crippen LogP contribution in [0.3, 0.4) is 0 Å². The summed E-state index contributed by atoms with van der Waals surface area (Å²) < 4.78 is 5.53. The van der Waals surface area contributed by atoms with Gasteiger partial charge in [0.15, 0.2) is 5.69 Å². The van der Waals surface area contributed by atoms with Crippen molar-refractivity contribution in [1.29, 1.82) is 0 Å². The van der Waals surface area contributed by atoms with Gasteiger partial charge >= 0.3 is 0 Å². The number of hydrogen-bond acceptors (Lipinski definition) is 4. The van der Waals surface area contributed by atoms with Crippen molar-refractivity contribution < 1.29 is 14.0 Å². The van der Waals surface area contributed by atoms with Gasteiger partial charge in [-0.05, 0) is 55.2 Å². The number of aryl methyl sites for hydroxylation is 1. The Morgan fingerprint density at radius 3 is 2.38 bits per heavy atom. The highest BCUT2D eigenvalue weighted by Crippen LogP contribution is 2.15. The molecule has 32 heavy (non-hydrogen) atoms. The van der Waals surface area contributed by atoms with E-state index in [0.29, 0.717) is 36.4 Å². The van der Waals surface area contributed by atoms with E-state index in [0.717, 1.165) is 32.1 Å². The molecule has 6 heteroatoms. The molecule has 0 aliphatic rings. The second-order valence-corrected chi connectivity index (χ2v) is 9.27. The van der Waals surface area contributed by atoms with Gasteiger partial charge in [-0.2, -0.15) is 0 Å². The van der Waals surface area contributed by atoms with Gasteiger partial charge in [0.25, 0.3) is 11.8 Å². The van der Waals surface area contributed by atoms with E-state index in [9.17, 15) is 9.59 Å². The van der Waals surface area contributed by atoms with Crippen molar-refractivity contribution in [3.8, 4) is 0 Å². The highest BCUT2D eigenvalue weighted by atomic mass is 16.3. The maximum atomic E-state index is 13.2. The van der Waals surface area contributed by atoms with Gasteiger partial charge in [-0.15, -0.1) is 0 Å². The van der Waals surface area contributed by atoms with E-state index in [-0.39, 0.29) is 24.1 Å². The number of amides is 2. The molecule has 6 nitrogen and oxygen atoms in total. The first-order chi connectivity index (χ1) is 15.3. The number of rotatable bonds is 13. The van der Waals surface area contributed by atoms with Crippen LogP contribution in [0.15, 0.2) is 34.9 Å². The van der Waals surface area contributed by atoms with Crippen LogP contribution in [-0.4, -0.2) is 34.8 Å². The Balaban J connectivity index is 2.06. The van der Waals surface area contributed by atoms with Crippen molar-refractivity contribution in [1.82, 2.24) is 15.2 Å². The lowest BCUT2D eigenvalue weighted by Crippen LogP contribution is -2.32. The van der Waals surface area contributed by atoms with Gasteiger partial charge in [-0.1, -0.05) is 53.2 Å². The molecule has 0 saturated heterocycles. The van der Waals surface area contributed by atoms with E-state index in [2.05, 4.69) is 44.9 Å². The number of hydrogen-bond donors (Lipinski definition) is 1. The number of carbonyl (C=O) groups excluding carboxylic acids is 2. The second-order valence-electron chi connectivity index (χ2n) is 9.27. The van der Waals surface area contributed by atoms with Gasteiger partial charge < -0.3 is 14.6 Å². The summed E-state index contributed by atoms with van der Waals surface area (Å²) >= 11 is 0. The van der Waals surface area contributed by atoms with Crippen LogP contribution >= 0.6 is 0 Å². The Morgan fingerprint density at radius 1 is 1.06 bits per heavy atom. The third-order valence-electron chi connectivity index (χ3n) is 5.40. The Morgan fingerprint density at radius 2 is 1.75 bits per heavy atom. The minimum Gasteiger partial charge on any atom is -0.446 e. The van der Waals surface area contributed by atoms with Gasteiger partial charge in [-0.3, -0.25) is 9.59 Å². The zero-order valence-electron chi connectivity index (χ0n) is 20.3. The Labute approximate surface area is 192 Å². The third-order valence-corrected chi connectivity index (χ3v) is 5.40. The number of nitrogens with one attached hydrogen (secondary N) is 1. The average Bonchev–Trinajstić information content (AvgIpc) is 3.23. The van der Waals surface area contributed by atoms with Crippen LogP contribution in [0, 0.1) is 11.8 Å². The molecular weight excluding hydrogens is 402 g/mol. The van der Waals surface area contributed by atoms with Crippen LogP contribution in [0.25, 0.3) is 0 Å². The summed E-state index contributed by atoms with van der Waals surface area (Å²) in [6.07, 6.45) is 6.48. The SMILES string of the molecule is CCCCc1ccc(C(=O)N(CCC(C)C)Cc2nc(C(=O)NCCC(C)C)co2)cc1. The molecule has 0 atom stereocenters. The second kappa shape index (κ2) is 13.0. The number of oxazole rings is 1. The fourth-order valence-electron chi connectivity index (χ4n) is 3.26. The maximum Gasteiger partial charge on any atom is 0.273 e. The standard InChI is InChI=1S/C26H39N3O3/c1-6-7-8-21-9-11-22(12-10-21)26(31)29(16-14-20(4)5)17-24-28-23(18-32-24)25(30)27-15-13-19(2)3/h9-12,18-20H,6-8,13-17H2,1-5H3,(H,27,30). The molecule has 176 valence electrons. The first-order valence-corrected chi connectivity index (χ1v) is 11.9. The topological polar surface area (TPSA) is 75.4 Å². The van der Waals surface area contributed by atoms with Gasteiger partial charge in [0.2, 0.25) is 5.89 Å². The number of unbranched alkanes of at least 4 members (excludes halogenated alkanes) is 1. The summed E-state index contributed by atoms with van der Waals surface area (Å²) in [6.45, 7) is 12.1. The average molecular weight is 442 g/mol. The summed E-state index contributed by atoms with van der Waals surface area (Å²) in [5, 5.41) is 2.86. The molecule has 1 aromatic heterocycles. The van der Waals surface area contributed by atoms with E-state index >= 15 is 0 Å². The number of carbonyl (C=O) groups is 2. The molecule has 1 heterocycles. The summed E-state index contributed by atoms with van der Waals surface area (Å²) in [4.78, 5) is 31.6. The van der Waals surface area contributed by atoms with Crippen LogP contribution in [0.5, 0.6) is 0 Å². The van der Waals surface area contributed by atoms with E-state index in [1.165, 1.54) is 11.8 Å². The van der Waals surface area contributed by atoms with Crippen molar-refractivity contribution in [2.24, 2.45) is 11.8 Å². The zero-order chi connectivity index (χ0) is 23.5. The minimum atomic E-state index is -0.247. The smallest absolute Gasteiger partial charge is 0.273 e. The first kappa shape index (κ1) is 25.6. The molecule has 2 aromatic rings. The Kier molecular flexibility index (Phi) is 10.4. The Bertz CT molecular complexity index is 840. The molecule has 0 aliphatic carbocycles. The molecule has 1 aromatic carbocycles. The monoisotopic (exact) mass is 441 g/mol. The molecule has 0 fully saturated rings. The van der Waals surface area contributed by atoms with Gasteiger partial charge in [0, 0.05) is 18.7 Å². The lowest BCUT2D eigenvalue weighted by Gasteiger charge is -2.22. The lowest BCUT2D eigenvalue weighted by atomic mass is 10.1. The number of aromatic nitrogens is 1. The fourth-order valence-corrected chi connectivity index (χ4v) is 3.26. The summed E-state index contributed by atoms with van der Waals surface area (Å²) in [6, 6.07) is 7.88. The van der Waals surface area contributed by atoms with Crippen molar-refractivity contribution in [2.75, 3.05) is 13.1 Å². The zero-order valence-corrected chi connectivity index (χ0v) is 20.3. The molecule has 0 saturated carbocycles. The van der Waals surface area contributed by atoms with Gasteiger partial charge in [0.1, 0.15) is 6.26 Å². The van der Waals surface area contributed by atoms with Crippen molar-refractivity contribution in [2.45, 2.75) is 73.3 Å². The minimum absolute atomic E-state index is 0.0474. The van der Waals surface area contributed by atoms with Crippen LogP contribution in [0.2, 0.25) is 0 Å². The molecule has 2 amide bonds. The molecule has 0 aliphatic heterocycles. The summed E-state index contributed by atoms with van der Waals surface area (Å²) in [5.41, 5.74) is 2.16. The molecule has 1 N–H and O–H groups in total. The van der Waals surface area contributed by atoms with E-state index in [1.807, 2.05) is 24.3 Å². The van der Waals surface area contributed by atoms with Crippen LogP contribution < -0.4 is 5.32 Å². The fraction of sp³-hybridized carbons (Fsp3) is 0.577. The van der Waals surface area contributed by atoms with Crippen LogP contribution in [0.4, 0.5) is 0 Å². The van der Waals surface area contributed by atoms with E-state index in [4.69, 9.17) is 4.42 Å². The highest BCUT2D eigenvalue weighted by molar-refractivity contribution is 5.94. The molecule has 0 unspecified atom stereocenters. The number of benzene rings is 1. The van der Waals surface area contributed by atoms with Crippen LogP contribution in [-0.2, 0) is 13.0 Å². The van der Waals surface area contributed by atoms with Crippen LogP contribution in [0.1, 0.15) is 92.6 Å². The largest absolute Gasteiger partial charge is 0.446 e. The first-order valence-electron chi connectivity index (χ1n) is 11.9. The predicted octanol–water partition coefficient (Wildman–Crippen LogP) is 5.48. The van der Waals surface area contributed by atoms with Crippen molar-refractivity contribution in [3.63, 3.8) is 0 Å². The van der Waals surface area contributed by atoms with Gasteiger partial charge in [0.05, 0.1) is 6.54 Å². The molecule has 0 spiro atoms. The maximum absolute atomic E-state index is 13.2. The highest BCUT2D eigenvalue weighted by Gasteiger charge is 2.20. The van der Waals surface area contributed by atoms with E-state index < -0.39 is 0 Å².